The number of nitrogens with zero attached hydrogens (tertiary/aromatic N) is 3. The van der Waals surface area contributed by atoms with E-state index in [1.807, 2.05) is 48.5 Å². The van der Waals surface area contributed by atoms with Gasteiger partial charge in [-0.15, -0.1) is 0 Å². The van der Waals surface area contributed by atoms with E-state index in [2.05, 4.69) is 176 Å². The first-order valence-corrected chi connectivity index (χ1v) is 23.4. The zero-order chi connectivity index (χ0) is 45.2. The summed E-state index contributed by atoms with van der Waals surface area (Å²) in [5.74, 6) is 1.64. The van der Waals surface area contributed by atoms with Crippen LogP contribution in [-0.2, 0) is 5.41 Å². The van der Waals surface area contributed by atoms with Gasteiger partial charge in [0.05, 0.1) is 11.0 Å². The first kappa shape index (κ1) is 38.0. The highest BCUT2D eigenvalue weighted by Crippen LogP contribution is 2.64. The molecular formula is C64H37N3O2. The largest absolute Gasteiger partial charge is 0.456 e. The lowest BCUT2D eigenvalue weighted by Crippen LogP contribution is -2.25. The van der Waals surface area contributed by atoms with Gasteiger partial charge in [-0.05, 0) is 97.1 Å². The molecule has 0 radical (unpaired) electrons. The maximum atomic E-state index is 6.70. The molecule has 0 aliphatic heterocycles. The number of aromatic nitrogens is 3. The summed E-state index contributed by atoms with van der Waals surface area (Å²) in [7, 11) is 0. The fourth-order valence-electron chi connectivity index (χ4n) is 11.7. The number of rotatable bonds is 5. The van der Waals surface area contributed by atoms with Gasteiger partial charge in [-0.1, -0.05) is 194 Å². The number of hydrogen-bond donors (Lipinski definition) is 0. The highest BCUT2D eigenvalue weighted by atomic mass is 16.3. The lowest BCUT2D eigenvalue weighted by atomic mass is 9.70. The van der Waals surface area contributed by atoms with Gasteiger partial charge in [0.2, 0.25) is 0 Å². The Balaban J connectivity index is 0.937. The first-order valence-electron chi connectivity index (χ1n) is 23.4. The van der Waals surface area contributed by atoms with E-state index < -0.39 is 5.41 Å². The quantitative estimate of drug-likeness (QED) is 0.172. The molecule has 13 aromatic rings. The van der Waals surface area contributed by atoms with Crippen molar-refractivity contribution < 1.29 is 8.83 Å². The van der Waals surface area contributed by atoms with Crippen molar-refractivity contribution in [2.45, 2.75) is 5.41 Å². The monoisotopic (exact) mass is 879 g/mol. The van der Waals surface area contributed by atoms with Gasteiger partial charge in [0.1, 0.15) is 22.3 Å². The second-order valence-corrected chi connectivity index (χ2v) is 18.1. The number of para-hydroxylation sites is 2. The Labute approximate surface area is 396 Å². The van der Waals surface area contributed by atoms with Crippen LogP contribution in [0.15, 0.2) is 233 Å². The Bertz CT molecular complexity index is 4210. The number of fused-ring (bicyclic) bond motifs is 16. The van der Waals surface area contributed by atoms with Crippen LogP contribution in [0.4, 0.5) is 0 Å². The van der Waals surface area contributed by atoms with Crippen LogP contribution < -0.4 is 0 Å². The molecule has 10 aromatic carbocycles. The van der Waals surface area contributed by atoms with Gasteiger partial charge < -0.3 is 8.83 Å². The van der Waals surface area contributed by atoms with Crippen LogP contribution in [-0.4, -0.2) is 15.0 Å². The maximum Gasteiger partial charge on any atom is 0.167 e. The molecule has 5 nitrogen and oxygen atoms in total. The third-order valence-electron chi connectivity index (χ3n) is 14.6. The van der Waals surface area contributed by atoms with Crippen molar-refractivity contribution in [2.24, 2.45) is 0 Å². The first-order chi connectivity index (χ1) is 34.2. The minimum atomic E-state index is -0.433. The van der Waals surface area contributed by atoms with E-state index in [1.165, 1.54) is 50.1 Å². The van der Waals surface area contributed by atoms with Crippen molar-refractivity contribution in [3.8, 4) is 78.7 Å². The summed E-state index contributed by atoms with van der Waals surface area (Å²) in [4.78, 5) is 15.8. The third-order valence-corrected chi connectivity index (χ3v) is 14.6. The van der Waals surface area contributed by atoms with E-state index in [0.29, 0.717) is 17.5 Å². The molecule has 0 unspecified atom stereocenters. The zero-order valence-corrected chi connectivity index (χ0v) is 37.0. The van der Waals surface area contributed by atoms with E-state index in [-0.39, 0.29) is 0 Å². The molecule has 0 atom stereocenters. The fraction of sp³-hybridized carbons (Fsp3) is 0.0156. The van der Waals surface area contributed by atoms with Crippen LogP contribution in [0.3, 0.4) is 0 Å². The molecule has 0 N–H and O–H groups in total. The molecule has 2 aliphatic rings. The maximum absolute atomic E-state index is 6.70. The topological polar surface area (TPSA) is 65.0 Å². The molecule has 320 valence electrons. The van der Waals surface area contributed by atoms with E-state index in [9.17, 15) is 0 Å². The Morgan fingerprint density at radius 2 is 0.797 bits per heavy atom. The molecular weight excluding hydrogens is 843 g/mol. The summed E-state index contributed by atoms with van der Waals surface area (Å²) in [6.45, 7) is 0. The Morgan fingerprint density at radius 3 is 1.59 bits per heavy atom. The van der Waals surface area contributed by atoms with Gasteiger partial charge >= 0.3 is 0 Å². The minimum Gasteiger partial charge on any atom is -0.456 e. The molecule has 0 fully saturated rings. The third kappa shape index (κ3) is 5.38. The van der Waals surface area contributed by atoms with Crippen molar-refractivity contribution in [3.63, 3.8) is 0 Å². The molecule has 0 amide bonds. The van der Waals surface area contributed by atoms with E-state index in [4.69, 9.17) is 23.8 Å². The smallest absolute Gasteiger partial charge is 0.167 e. The summed E-state index contributed by atoms with van der Waals surface area (Å²) in [6.07, 6.45) is 0. The molecule has 15 rings (SSSR count). The summed E-state index contributed by atoms with van der Waals surface area (Å²) < 4.78 is 13.3. The van der Waals surface area contributed by atoms with Gasteiger partial charge in [0.25, 0.3) is 0 Å². The summed E-state index contributed by atoms with van der Waals surface area (Å²) in [6, 6.07) is 79.7. The lowest BCUT2D eigenvalue weighted by Gasteiger charge is -2.30. The number of benzene rings is 10. The van der Waals surface area contributed by atoms with Crippen molar-refractivity contribution in [1.82, 2.24) is 15.0 Å². The number of hydrogen-bond acceptors (Lipinski definition) is 5. The minimum absolute atomic E-state index is 0.433. The van der Waals surface area contributed by atoms with Crippen LogP contribution in [0.1, 0.15) is 22.3 Å². The Kier molecular flexibility index (Phi) is 7.93. The van der Waals surface area contributed by atoms with Crippen molar-refractivity contribution in [3.05, 3.63) is 247 Å². The summed E-state index contributed by atoms with van der Waals surface area (Å²) in [5.41, 5.74) is 20.1. The molecule has 0 saturated heterocycles. The molecule has 2 aliphatic carbocycles. The molecule has 1 spiro atoms. The highest BCUT2D eigenvalue weighted by molar-refractivity contribution is 6.14. The molecule has 0 bridgehead atoms. The van der Waals surface area contributed by atoms with Crippen LogP contribution in [0, 0.1) is 0 Å². The number of furan rings is 2. The second kappa shape index (κ2) is 14.4. The fourth-order valence-corrected chi connectivity index (χ4v) is 11.7. The zero-order valence-electron chi connectivity index (χ0n) is 37.0. The van der Waals surface area contributed by atoms with Gasteiger partial charge in [-0.3, -0.25) is 0 Å². The second-order valence-electron chi connectivity index (χ2n) is 18.1. The van der Waals surface area contributed by atoms with Crippen LogP contribution >= 0.6 is 0 Å². The standard InChI is InChI=1S/C64H37N3O2/c1-2-15-38(16-3-1)39-31-33-40(34-32-39)61-65-62(67-63(66-61)49-24-12-22-46-45-19-7-11-29-55(45)69-60(46)49)48-23-14-30-57-59(48)50-37-41(35-36-56(50)68-57)42-21-13-28-54-58(42)47-20-6-10-27-53(47)64(54)51-25-8-4-17-43(51)44-18-5-9-26-52(44)64/h1-37H. The van der Waals surface area contributed by atoms with Crippen LogP contribution in [0.5, 0.6) is 0 Å². The predicted molar refractivity (Wildman–Crippen MR) is 278 cm³/mol. The molecule has 5 heteroatoms. The van der Waals surface area contributed by atoms with Crippen molar-refractivity contribution >= 4 is 43.9 Å². The molecule has 3 heterocycles. The van der Waals surface area contributed by atoms with Crippen molar-refractivity contribution in [1.29, 1.82) is 0 Å². The SMILES string of the molecule is c1ccc(-c2ccc(-c3nc(-c4cccc5c4oc4ccccc45)nc(-c4cccc5oc6ccc(-c7cccc8c7-c7ccccc7C87c8ccccc8-c8ccccc87)cc6c45)n3)cc2)cc1. The Morgan fingerprint density at radius 1 is 0.290 bits per heavy atom. The normalized spacial score (nSPS) is 13.0. The molecule has 69 heavy (non-hydrogen) atoms. The summed E-state index contributed by atoms with van der Waals surface area (Å²) in [5, 5.41) is 3.99. The van der Waals surface area contributed by atoms with Crippen molar-refractivity contribution in [2.75, 3.05) is 0 Å². The van der Waals surface area contributed by atoms with Gasteiger partial charge in [0.15, 0.2) is 17.5 Å². The average Bonchev–Trinajstić information content (AvgIpc) is 4.16. The van der Waals surface area contributed by atoms with Crippen LogP contribution in [0.25, 0.3) is 123 Å². The lowest BCUT2D eigenvalue weighted by molar-refractivity contribution is 0.668. The van der Waals surface area contributed by atoms with Gasteiger partial charge in [0, 0.05) is 32.7 Å². The van der Waals surface area contributed by atoms with Gasteiger partial charge in [-0.25, -0.2) is 15.0 Å². The van der Waals surface area contributed by atoms with E-state index >= 15 is 0 Å². The Hall–Kier alpha value is -9.19. The van der Waals surface area contributed by atoms with E-state index in [1.54, 1.807) is 0 Å². The predicted octanol–water partition coefficient (Wildman–Crippen LogP) is 16.3. The molecule has 3 aromatic heterocycles. The molecule has 0 saturated carbocycles. The van der Waals surface area contributed by atoms with E-state index in [0.717, 1.165) is 77.3 Å². The highest BCUT2D eigenvalue weighted by Gasteiger charge is 2.52. The average molecular weight is 880 g/mol. The summed E-state index contributed by atoms with van der Waals surface area (Å²) >= 11 is 0. The van der Waals surface area contributed by atoms with Gasteiger partial charge in [-0.2, -0.15) is 0 Å². The van der Waals surface area contributed by atoms with Crippen LogP contribution in [0.2, 0.25) is 0 Å².